The molecule has 0 fully saturated rings. The Bertz CT molecular complexity index is 463. The molecule has 1 atom stereocenters. The fraction of sp³-hybridized carbons (Fsp3) is 0.909. The van der Waals surface area contributed by atoms with Gasteiger partial charge in [-0.25, -0.2) is 0 Å². The van der Waals surface area contributed by atoms with Gasteiger partial charge in [0, 0.05) is 6.42 Å². The van der Waals surface area contributed by atoms with Crippen molar-refractivity contribution in [2.75, 3.05) is 0 Å². The lowest BCUT2D eigenvalue weighted by Crippen LogP contribution is -2.26. The van der Waals surface area contributed by atoms with Crippen LogP contribution in [0.1, 0.15) is 187 Å². The summed E-state index contributed by atoms with van der Waals surface area (Å²) in [7, 11) is 0. The van der Waals surface area contributed by atoms with E-state index in [1.807, 2.05) is 0 Å². The molecule has 0 saturated carbocycles. The topological polar surface area (TPSA) is 52.3 Å². The molecule has 0 amide bonds. The lowest BCUT2D eigenvalue weighted by atomic mass is 10.0. The molecule has 3 heteroatoms. The minimum Gasteiger partial charge on any atom is -0.447 e. The molecule has 214 valence electrons. The van der Waals surface area contributed by atoms with E-state index in [9.17, 15) is 4.79 Å². The number of carbonyl (C=O) groups is 1. The zero-order valence-electron chi connectivity index (χ0n) is 24.7. The smallest absolute Gasteiger partial charge is 0.307 e. The average Bonchev–Trinajstić information content (AvgIpc) is 2.87. The standard InChI is InChI=1S/C33H65NO2/c1-3-5-7-9-11-13-15-17-18-19-21-23-25-27-29-31-33(35)36-32(34)30-28-26-24-22-20-16-14-12-10-8-6-4-2/h17-18,32H,3-16,19-31,34H2,1-2H3/b18-17-. The van der Waals surface area contributed by atoms with Gasteiger partial charge >= 0.3 is 5.97 Å². The zero-order chi connectivity index (χ0) is 26.4. The predicted octanol–water partition coefficient (Wildman–Crippen LogP) is 10.9. The second kappa shape index (κ2) is 30.4. The minimum atomic E-state index is -0.413. The summed E-state index contributed by atoms with van der Waals surface area (Å²) in [5.74, 6) is -0.112. The SMILES string of the molecule is CCCCCCCC/C=C\CCCCCCCC(=O)OC(N)CCCCCCCCCCCCCC. The predicted molar refractivity (Wildman–Crippen MR) is 159 cm³/mol. The van der Waals surface area contributed by atoms with Crippen LogP contribution in [-0.2, 0) is 9.53 Å². The van der Waals surface area contributed by atoms with Crippen LogP contribution in [0.4, 0.5) is 0 Å². The largest absolute Gasteiger partial charge is 0.447 e. The number of nitrogens with two attached hydrogens (primary N) is 1. The van der Waals surface area contributed by atoms with Crippen LogP contribution in [0.5, 0.6) is 0 Å². The van der Waals surface area contributed by atoms with Crippen LogP contribution in [0.2, 0.25) is 0 Å². The monoisotopic (exact) mass is 508 g/mol. The summed E-state index contributed by atoms with van der Waals surface area (Å²) >= 11 is 0. The van der Waals surface area contributed by atoms with E-state index in [1.165, 1.54) is 141 Å². The highest BCUT2D eigenvalue weighted by atomic mass is 16.6. The summed E-state index contributed by atoms with van der Waals surface area (Å²) in [6.45, 7) is 4.55. The summed E-state index contributed by atoms with van der Waals surface area (Å²) < 4.78 is 5.40. The summed E-state index contributed by atoms with van der Waals surface area (Å²) in [5.41, 5.74) is 6.01. The van der Waals surface area contributed by atoms with Gasteiger partial charge < -0.3 is 4.74 Å². The van der Waals surface area contributed by atoms with E-state index < -0.39 is 6.23 Å². The number of carbonyl (C=O) groups excluding carboxylic acids is 1. The van der Waals surface area contributed by atoms with Crippen LogP contribution in [-0.4, -0.2) is 12.2 Å². The number of rotatable bonds is 29. The molecule has 0 aromatic rings. The Kier molecular flexibility index (Phi) is 29.7. The molecule has 36 heavy (non-hydrogen) atoms. The van der Waals surface area contributed by atoms with Crippen LogP contribution in [0.3, 0.4) is 0 Å². The Morgan fingerprint density at radius 2 is 0.917 bits per heavy atom. The molecule has 0 aromatic heterocycles. The molecular formula is C33H65NO2. The van der Waals surface area contributed by atoms with Crippen molar-refractivity contribution < 1.29 is 9.53 Å². The van der Waals surface area contributed by atoms with E-state index in [4.69, 9.17) is 10.5 Å². The van der Waals surface area contributed by atoms with Crippen LogP contribution in [0.25, 0.3) is 0 Å². The molecule has 0 aromatic carbocycles. The second-order valence-electron chi connectivity index (χ2n) is 11.0. The van der Waals surface area contributed by atoms with E-state index in [0.29, 0.717) is 6.42 Å². The van der Waals surface area contributed by atoms with Crippen molar-refractivity contribution in [2.24, 2.45) is 5.73 Å². The molecule has 0 heterocycles. The van der Waals surface area contributed by atoms with Gasteiger partial charge in [0.15, 0.2) is 6.23 Å². The van der Waals surface area contributed by atoms with Gasteiger partial charge in [-0.1, -0.05) is 148 Å². The maximum Gasteiger partial charge on any atom is 0.307 e. The number of allylic oxidation sites excluding steroid dienone is 2. The van der Waals surface area contributed by atoms with Crippen molar-refractivity contribution in [2.45, 2.75) is 193 Å². The van der Waals surface area contributed by atoms with Crippen molar-refractivity contribution in [3.8, 4) is 0 Å². The summed E-state index contributed by atoms with van der Waals surface area (Å²) in [6, 6.07) is 0. The maximum absolute atomic E-state index is 12.0. The fourth-order valence-electron chi connectivity index (χ4n) is 4.81. The molecule has 0 spiro atoms. The summed E-state index contributed by atoms with van der Waals surface area (Å²) in [4.78, 5) is 12.0. The molecule has 1 unspecified atom stereocenters. The van der Waals surface area contributed by atoms with E-state index in [-0.39, 0.29) is 5.97 Å². The first-order chi connectivity index (χ1) is 17.7. The number of ether oxygens (including phenoxy) is 1. The fourth-order valence-corrected chi connectivity index (χ4v) is 4.81. The first-order valence-corrected chi connectivity index (χ1v) is 16.3. The zero-order valence-corrected chi connectivity index (χ0v) is 24.7. The van der Waals surface area contributed by atoms with Gasteiger partial charge in [-0.2, -0.15) is 0 Å². The third-order valence-corrected chi connectivity index (χ3v) is 7.27. The van der Waals surface area contributed by atoms with E-state index >= 15 is 0 Å². The maximum atomic E-state index is 12.0. The van der Waals surface area contributed by atoms with Crippen LogP contribution in [0.15, 0.2) is 12.2 Å². The lowest BCUT2D eigenvalue weighted by molar-refractivity contribution is -0.149. The highest BCUT2D eigenvalue weighted by Crippen LogP contribution is 2.14. The Morgan fingerprint density at radius 3 is 1.36 bits per heavy atom. The summed E-state index contributed by atoms with van der Waals surface area (Å²) in [6.07, 6.45) is 38.2. The van der Waals surface area contributed by atoms with Crippen LogP contribution in [0, 0.1) is 0 Å². The van der Waals surface area contributed by atoms with E-state index in [2.05, 4.69) is 26.0 Å². The van der Waals surface area contributed by atoms with Crippen molar-refractivity contribution in [1.82, 2.24) is 0 Å². The molecule has 0 radical (unpaired) electrons. The molecular weight excluding hydrogens is 442 g/mol. The summed E-state index contributed by atoms with van der Waals surface area (Å²) in [5, 5.41) is 0. The first-order valence-electron chi connectivity index (χ1n) is 16.3. The van der Waals surface area contributed by atoms with Crippen molar-refractivity contribution >= 4 is 5.97 Å². The normalized spacial score (nSPS) is 12.4. The van der Waals surface area contributed by atoms with Gasteiger partial charge in [0.25, 0.3) is 0 Å². The van der Waals surface area contributed by atoms with Gasteiger partial charge in [-0.3, -0.25) is 10.5 Å². The molecule has 0 aliphatic rings. The van der Waals surface area contributed by atoms with Gasteiger partial charge in [-0.05, 0) is 44.9 Å². The number of unbranched alkanes of at least 4 members (excludes halogenated alkanes) is 22. The van der Waals surface area contributed by atoms with Crippen LogP contribution < -0.4 is 5.73 Å². The Morgan fingerprint density at radius 1 is 0.556 bits per heavy atom. The van der Waals surface area contributed by atoms with Crippen molar-refractivity contribution in [1.29, 1.82) is 0 Å². The van der Waals surface area contributed by atoms with E-state index in [0.717, 1.165) is 25.7 Å². The van der Waals surface area contributed by atoms with Gasteiger partial charge in [0.05, 0.1) is 0 Å². The minimum absolute atomic E-state index is 0.112. The molecule has 3 nitrogen and oxygen atoms in total. The second-order valence-corrected chi connectivity index (χ2v) is 11.0. The molecule has 0 aliphatic heterocycles. The first kappa shape index (κ1) is 35.2. The number of hydrogen-bond donors (Lipinski definition) is 1. The Balaban J connectivity index is 3.33. The van der Waals surface area contributed by atoms with Gasteiger partial charge in [-0.15, -0.1) is 0 Å². The van der Waals surface area contributed by atoms with Gasteiger partial charge in [0.1, 0.15) is 0 Å². The third kappa shape index (κ3) is 29.4. The molecule has 2 N–H and O–H groups in total. The third-order valence-electron chi connectivity index (χ3n) is 7.27. The molecule has 0 aliphatic carbocycles. The lowest BCUT2D eigenvalue weighted by Gasteiger charge is -2.13. The highest BCUT2D eigenvalue weighted by Gasteiger charge is 2.09. The Hall–Kier alpha value is -0.830. The van der Waals surface area contributed by atoms with Gasteiger partial charge in [0.2, 0.25) is 0 Å². The molecule has 0 bridgehead atoms. The van der Waals surface area contributed by atoms with Crippen molar-refractivity contribution in [3.63, 3.8) is 0 Å². The molecule has 0 rings (SSSR count). The molecule has 0 saturated heterocycles. The van der Waals surface area contributed by atoms with Crippen molar-refractivity contribution in [3.05, 3.63) is 12.2 Å². The Labute approximate surface area is 226 Å². The number of hydrogen-bond acceptors (Lipinski definition) is 3. The van der Waals surface area contributed by atoms with Crippen LogP contribution >= 0.6 is 0 Å². The number of esters is 1. The van der Waals surface area contributed by atoms with E-state index in [1.54, 1.807) is 0 Å². The quantitative estimate of drug-likeness (QED) is 0.0474. The highest BCUT2D eigenvalue weighted by molar-refractivity contribution is 5.69. The average molecular weight is 508 g/mol.